The predicted molar refractivity (Wildman–Crippen MR) is 96.7 cm³/mol. The number of anilines is 1. The van der Waals surface area contributed by atoms with Gasteiger partial charge in [0.25, 0.3) is 5.91 Å². The third-order valence-corrected chi connectivity index (χ3v) is 4.77. The summed E-state index contributed by atoms with van der Waals surface area (Å²) in [4.78, 5) is 36.6. The van der Waals surface area contributed by atoms with E-state index in [-0.39, 0.29) is 0 Å². The van der Waals surface area contributed by atoms with Crippen molar-refractivity contribution < 1.29 is 32.3 Å². The van der Waals surface area contributed by atoms with Crippen LogP contribution in [0, 0.1) is 24.4 Å². The smallest absolute Gasteiger partial charge is 0.348 e. The van der Waals surface area contributed by atoms with Gasteiger partial charge in [0.05, 0.1) is 12.2 Å². The maximum Gasteiger partial charge on any atom is 0.348 e. The SMILES string of the molecule is CCc1cc(C(=O)OCC(=O)NCC(=O)Nc2ccc(F)c(F)c2F)sc1C. The van der Waals surface area contributed by atoms with E-state index < -0.39 is 54.1 Å². The van der Waals surface area contributed by atoms with Gasteiger partial charge in [-0.2, -0.15) is 0 Å². The van der Waals surface area contributed by atoms with Gasteiger partial charge in [0.15, 0.2) is 24.1 Å². The quantitative estimate of drug-likeness (QED) is 0.539. The highest BCUT2D eigenvalue weighted by Gasteiger charge is 2.17. The first-order chi connectivity index (χ1) is 13.2. The molecular formula is C18H17F3N2O4S. The number of benzene rings is 1. The summed E-state index contributed by atoms with van der Waals surface area (Å²) in [5.41, 5.74) is 0.451. The average Bonchev–Trinajstić information content (AvgIpc) is 3.05. The molecule has 6 nitrogen and oxygen atoms in total. The highest BCUT2D eigenvalue weighted by atomic mass is 32.1. The van der Waals surface area contributed by atoms with E-state index in [1.165, 1.54) is 11.3 Å². The van der Waals surface area contributed by atoms with Crippen molar-refractivity contribution in [2.45, 2.75) is 20.3 Å². The van der Waals surface area contributed by atoms with Crippen molar-refractivity contribution in [1.29, 1.82) is 0 Å². The zero-order chi connectivity index (χ0) is 20.8. The van der Waals surface area contributed by atoms with E-state index in [2.05, 4.69) is 5.32 Å². The van der Waals surface area contributed by atoms with Gasteiger partial charge in [0.2, 0.25) is 5.91 Å². The summed E-state index contributed by atoms with van der Waals surface area (Å²) in [6.07, 6.45) is 0.768. The van der Waals surface area contributed by atoms with E-state index in [0.717, 1.165) is 22.9 Å². The molecule has 150 valence electrons. The Morgan fingerprint density at radius 1 is 1.11 bits per heavy atom. The number of aryl methyl sites for hydroxylation is 2. The van der Waals surface area contributed by atoms with E-state index in [0.29, 0.717) is 10.9 Å². The molecule has 0 aliphatic rings. The molecule has 0 spiro atoms. The molecular weight excluding hydrogens is 397 g/mol. The second kappa shape index (κ2) is 9.36. The lowest BCUT2D eigenvalue weighted by Gasteiger charge is -2.08. The van der Waals surface area contributed by atoms with Crippen LogP contribution < -0.4 is 10.6 Å². The predicted octanol–water partition coefficient (Wildman–Crippen LogP) is 2.95. The lowest BCUT2D eigenvalue weighted by Crippen LogP contribution is -2.35. The Hall–Kier alpha value is -2.88. The summed E-state index contributed by atoms with van der Waals surface area (Å²) in [6, 6.07) is 3.20. The number of rotatable bonds is 7. The van der Waals surface area contributed by atoms with Crippen LogP contribution in [0.1, 0.15) is 27.0 Å². The van der Waals surface area contributed by atoms with Gasteiger partial charge in [0, 0.05) is 4.88 Å². The zero-order valence-corrected chi connectivity index (χ0v) is 15.8. The largest absolute Gasteiger partial charge is 0.451 e. The number of nitrogens with one attached hydrogen (secondary N) is 2. The normalized spacial score (nSPS) is 10.5. The van der Waals surface area contributed by atoms with E-state index in [4.69, 9.17) is 4.74 Å². The summed E-state index contributed by atoms with van der Waals surface area (Å²) in [5.74, 6) is -6.94. The van der Waals surface area contributed by atoms with Crippen molar-refractivity contribution in [2.75, 3.05) is 18.5 Å². The van der Waals surface area contributed by atoms with Crippen LogP contribution >= 0.6 is 11.3 Å². The fourth-order valence-electron chi connectivity index (χ4n) is 2.22. The second-order valence-electron chi connectivity index (χ2n) is 5.67. The molecule has 28 heavy (non-hydrogen) atoms. The molecule has 1 heterocycles. The van der Waals surface area contributed by atoms with Gasteiger partial charge in [-0.25, -0.2) is 18.0 Å². The third kappa shape index (κ3) is 5.32. The summed E-state index contributed by atoms with van der Waals surface area (Å²) < 4.78 is 44.3. The standard InChI is InChI=1S/C18H17F3N2O4S/c1-3-10-6-13(28-9(10)2)18(26)27-8-15(25)22-7-14(24)23-12-5-4-11(19)16(20)17(12)21/h4-6H,3,7-8H2,1-2H3,(H,22,25)(H,23,24). The van der Waals surface area contributed by atoms with E-state index in [1.807, 2.05) is 19.2 Å². The second-order valence-corrected chi connectivity index (χ2v) is 6.93. The molecule has 1 aromatic carbocycles. The van der Waals surface area contributed by atoms with Gasteiger partial charge in [-0.1, -0.05) is 6.92 Å². The Morgan fingerprint density at radius 3 is 2.46 bits per heavy atom. The van der Waals surface area contributed by atoms with Gasteiger partial charge >= 0.3 is 5.97 Å². The van der Waals surface area contributed by atoms with Gasteiger partial charge in [0.1, 0.15) is 4.88 Å². The van der Waals surface area contributed by atoms with Crippen molar-refractivity contribution in [3.05, 3.63) is 51.0 Å². The molecule has 0 unspecified atom stereocenters. The molecule has 0 saturated heterocycles. The lowest BCUT2D eigenvalue weighted by atomic mass is 10.2. The van der Waals surface area contributed by atoms with Crippen LogP contribution in [0.15, 0.2) is 18.2 Å². The van der Waals surface area contributed by atoms with Crippen LogP contribution in [0.4, 0.5) is 18.9 Å². The molecule has 0 aliphatic carbocycles. The molecule has 2 amide bonds. The minimum atomic E-state index is -1.72. The first-order valence-electron chi connectivity index (χ1n) is 8.19. The molecule has 10 heteroatoms. The number of thiophene rings is 1. The van der Waals surface area contributed by atoms with Crippen LogP contribution in [0.3, 0.4) is 0 Å². The highest BCUT2D eigenvalue weighted by molar-refractivity contribution is 7.14. The summed E-state index contributed by atoms with van der Waals surface area (Å²) >= 11 is 1.26. The molecule has 0 aliphatic heterocycles. The summed E-state index contributed by atoms with van der Waals surface area (Å²) in [7, 11) is 0. The molecule has 0 fully saturated rings. The minimum absolute atomic E-state index is 0.369. The van der Waals surface area contributed by atoms with Crippen molar-refractivity contribution in [1.82, 2.24) is 5.32 Å². The number of hydrogen-bond donors (Lipinski definition) is 2. The molecule has 0 atom stereocenters. The maximum atomic E-state index is 13.5. The monoisotopic (exact) mass is 414 g/mol. The number of amides is 2. The van der Waals surface area contributed by atoms with Crippen LogP contribution in [0.25, 0.3) is 0 Å². The van der Waals surface area contributed by atoms with Gasteiger partial charge in [-0.3, -0.25) is 9.59 Å². The first kappa shape index (κ1) is 21.4. The topological polar surface area (TPSA) is 84.5 Å². The molecule has 0 radical (unpaired) electrons. The van der Waals surface area contributed by atoms with Crippen molar-refractivity contribution in [2.24, 2.45) is 0 Å². The van der Waals surface area contributed by atoms with Gasteiger partial charge in [-0.05, 0) is 37.1 Å². The highest BCUT2D eigenvalue weighted by Crippen LogP contribution is 2.22. The van der Waals surface area contributed by atoms with E-state index in [1.54, 1.807) is 6.07 Å². The minimum Gasteiger partial charge on any atom is -0.451 e. The van der Waals surface area contributed by atoms with Crippen LogP contribution in [-0.2, 0) is 20.7 Å². The average molecular weight is 414 g/mol. The zero-order valence-electron chi connectivity index (χ0n) is 15.0. The molecule has 2 rings (SSSR count). The Labute approximate surface area is 162 Å². The molecule has 2 N–H and O–H groups in total. The Kier molecular flexibility index (Phi) is 7.16. The number of esters is 1. The Bertz CT molecular complexity index is 914. The van der Waals surface area contributed by atoms with E-state index in [9.17, 15) is 27.6 Å². The fourth-order valence-corrected chi connectivity index (χ4v) is 3.23. The van der Waals surface area contributed by atoms with Gasteiger partial charge in [-0.15, -0.1) is 11.3 Å². The molecule has 0 saturated carbocycles. The first-order valence-corrected chi connectivity index (χ1v) is 9.01. The van der Waals surface area contributed by atoms with Crippen molar-refractivity contribution >= 4 is 34.8 Å². The molecule has 0 bridgehead atoms. The van der Waals surface area contributed by atoms with Crippen molar-refractivity contribution in [3.8, 4) is 0 Å². The molecule has 2 aromatic rings. The molecule has 1 aromatic heterocycles. The maximum absolute atomic E-state index is 13.5. The fraction of sp³-hybridized carbons (Fsp3) is 0.278. The number of carbonyl (C=O) groups excluding carboxylic acids is 3. The number of ether oxygens (including phenoxy) is 1. The Morgan fingerprint density at radius 2 is 1.82 bits per heavy atom. The summed E-state index contributed by atoms with van der Waals surface area (Å²) in [5, 5.41) is 4.17. The van der Waals surface area contributed by atoms with Crippen molar-refractivity contribution in [3.63, 3.8) is 0 Å². The van der Waals surface area contributed by atoms with Crippen LogP contribution in [-0.4, -0.2) is 30.9 Å². The third-order valence-electron chi connectivity index (χ3n) is 3.69. The number of hydrogen-bond acceptors (Lipinski definition) is 5. The lowest BCUT2D eigenvalue weighted by molar-refractivity contribution is -0.126. The van der Waals surface area contributed by atoms with Crippen LogP contribution in [0.2, 0.25) is 0 Å². The van der Waals surface area contributed by atoms with E-state index >= 15 is 0 Å². The summed E-state index contributed by atoms with van der Waals surface area (Å²) in [6.45, 7) is 2.65. The number of carbonyl (C=O) groups is 3. The Balaban J connectivity index is 1.79. The number of halogens is 3. The van der Waals surface area contributed by atoms with Crippen LogP contribution in [0.5, 0.6) is 0 Å². The van der Waals surface area contributed by atoms with Gasteiger partial charge < -0.3 is 15.4 Å².